The fraction of sp³-hybridized carbons (Fsp3) is 0.333. The van der Waals surface area contributed by atoms with Crippen LogP contribution < -0.4 is 0 Å². The van der Waals surface area contributed by atoms with Crippen LogP contribution in [0.1, 0.15) is 6.42 Å². The van der Waals surface area contributed by atoms with Crippen molar-refractivity contribution in [2.24, 2.45) is 0 Å². The molecule has 1 aliphatic rings. The zero-order valence-corrected chi connectivity index (χ0v) is 7.56. The molecule has 0 saturated heterocycles. The van der Waals surface area contributed by atoms with Gasteiger partial charge in [-0.25, -0.2) is 9.59 Å². The Hall–Kier alpha value is -1.62. The molecule has 1 aliphatic carbocycles. The van der Waals surface area contributed by atoms with Gasteiger partial charge in [-0.2, -0.15) is 0 Å². The minimum atomic E-state index is -1.54. The monoisotopic (exact) mass is 198 g/mol. The van der Waals surface area contributed by atoms with Gasteiger partial charge in [-0.3, -0.25) is 0 Å². The normalized spacial score (nSPS) is 25.6. The highest BCUT2D eigenvalue weighted by Gasteiger charge is 2.39. The standard InChI is InChI=1S/C9H10O5/c1-14-9(8(12)13)4-2-3-6(5-9)7(10)11/h2-4H,5H2,1H3,(H,10,11)(H,12,13). The summed E-state index contributed by atoms with van der Waals surface area (Å²) in [6.07, 6.45) is 3.92. The summed E-state index contributed by atoms with van der Waals surface area (Å²) in [6.45, 7) is 0. The van der Waals surface area contributed by atoms with E-state index in [4.69, 9.17) is 14.9 Å². The highest BCUT2D eigenvalue weighted by Crippen LogP contribution is 2.26. The Morgan fingerprint density at radius 1 is 1.50 bits per heavy atom. The highest BCUT2D eigenvalue weighted by molar-refractivity contribution is 5.91. The van der Waals surface area contributed by atoms with Crippen molar-refractivity contribution in [1.82, 2.24) is 0 Å². The minimum absolute atomic E-state index is 0.0248. The number of allylic oxidation sites excluding steroid dienone is 2. The maximum Gasteiger partial charge on any atom is 0.340 e. The van der Waals surface area contributed by atoms with Crippen molar-refractivity contribution in [1.29, 1.82) is 0 Å². The molecule has 0 aromatic carbocycles. The first-order valence-electron chi connectivity index (χ1n) is 3.92. The summed E-state index contributed by atoms with van der Waals surface area (Å²) in [6, 6.07) is 0. The first kappa shape index (κ1) is 10.5. The predicted octanol–water partition coefficient (Wildman–Crippen LogP) is 0.427. The fourth-order valence-corrected chi connectivity index (χ4v) is 1.24. The third kappa shape index (κ3) is 1.67. The van der Waals surface area contributed by atoms with Crippen LogP contribution in [0.15, 0.2) is 23.8 Å². The van der Waals surface area contributed by atoms with Crippen molar-refractivity contribution in [3.8, 4) is 0 Å². The summed E-state index contributed by atoms with van der Waals surface area (Å²) in [4.78, 5) is 21.5. The highest BCUT2D eigenvalue weighted by atomic mass is 16.5. The van der Waals surface area contributed by atoms with E-state index in [1.54, 1.807) is 0 Å². The van der Waals surface area contributed by atoms with E-state index in [-0.39, 0.29) is 12.0 Å². The van der Waals surface area contributed by atoms with E-state index in [9.17, 15) is 9.59 Å². The van der Waals surface area contributed by atoms with Gasteiger partial charge in [0.15, 0.2) is 5.60 Å². The lowest BCUT2D eigenvalue weighted by Crippen LogP contribution is -2.40. The van der Waals surface area contributed by atoms with Crippen molar-refractivity contribution >= 4 is 11.9 Å². The van der Waals surface area contributed by atoms with Crippen molar-refractivity contribution in [3.05, 3.63) is 23.8 Å². The molecule has 0 amide bonds. The van der Waals surface area contributed by atoms with Crippen molar-refractivity contribution in [2.75, 3.05) is 7.11 Å². The van der Waals surface area contributed by atoms with Crippen LogP contribution in [-0.2, 0) is 14.3 Å². The molecule has 2 N–H and O–H groups in total. The number of carboxylic acid groups (broad SMARTS) is 2. The molecule has 0 aliphatic heterocycles. The van der Waals surface area contributed by atoms with E-state index < -0.39 is 17.5 Å². The molecule has 0 bridgehead atoms. The van der Waals surface area contributed by atoms with E-state index in [1.807, 2.05) is 0 Å². The van der Waals surface area contributed by atoms with Crippen molar-refractivity contribution < 1.29 is 24.5 Å². The molecule has 0 fully saturated rings. The molecule has 0 aromatic rings. The number of carboxylic acids is 2. The van der Waals surface area contributed by atoms with Crippen LogP contribution >= 0.6 is 0 Å². The molecule has 0 aromatic heterocycles. The Kier molecular flexibility index (Phi) is 2.71. The molecule has 0 saturated carbocycles. The second kappa shape index (κ2) is 3.63. The van der Waals surface area contributed by atoms with E-state index in [2.05, 4.69) is 0 Å². The molecule has 0 spiro atoms. The lowest BCUT2D eigenvalue weighted by atomic mass is 9.89. The Bertz CT molecular complexity index is 328. The number of ether oxygens (including phenoxy) is 1. The SMILES string of the molecule is COC1(C(=O)O)C=CC=C(C(=O)O)C1. The molecule has 0 heterocycles. The molecule has 1 unspecified atom stereocenters. The molecule has 1 rings (SSSR count). The molecule has 76 valence electrons. The van der Waals surface area contributed by atoms with Gasteiger partial charge in [0, 0.05) is 19.1 Å². The van der Waals surface area contributed by atoms with Crippen LogP contribution in [0.4, 0.5) is 0 Å². The van der Waals surface area contributed by atoms with Gasteiger partial charge in [-0.1, -0.05) is 12.2 Å². The summed E-state index contributed by atoms with van der Waals surface area (Å²) in [5.74, 6) is -2.32. The average molecular weight is 198 g/mol. The van der Waals surface area contributed by atoms with Crippen LogP contribution in [0.3, 0.4) is 0 Å². The molecule has 5 heteroatoms. The number of rotatable bonds is 3. The van der Waals surface area contributed by atoms with Gasteiger partial charge < -0.3 is 14.9 Å². The summed E-state index contributed by atoms with van der Waals surface area (Å²) in [5.41, 5.74) is -1.51. The number of methoxy groups -OCH3 is 1. The number of carbonyl (C=O) groups is 2. The van der Waals surface area contributed by atoms with Crippen LogP contribution in [0, 0.1) is 0 Å². The second-order valence-corrected chi connectivity index (χ2v) is 2.93. The van der Waals surface area contributed by atoms with E-state index in [0.29, 0.717) is 0 Å². The largest absolute Gasteiger partial charge is 0.479 e. The maximum absolute atomic E-state index is 10.9. The molecule has 14 heavy (non-hydrogen) atoms. The Balaban J connectivity index is 2.98. The van der Waals surface area contributed by atoms with Gasteiger partial charge in [0.1, 0.15) is 0 Å². The Labute approximate surface area is 80.3 Å². The lowest BCUT2D eigenvalue weighted by molar-refractivity contribution is -0.156. The number of hydrogen-bond acceptors (Lipinski definition) is 3. The lowest BCUT2D eigenvalue weighted by Gasteiger charge is -2.26. The first-order chi connectivity index (χ1) is 6.52. The van der Waals surface area contributed by atoms with Crippen LogP contribution in [0.25, 0.3) is 0 Å². The molecule has 5 nitrogen and oxygen atoms in total. The maximum atomic E-state index is 10.9. The van der Waals surface area contributed by atoms with E-state index >= 15 is 0 Å². The second-order valence-electron chi connectivity index (χ2n) is 2.93. The van der Waals surface area contributed by atoms with Gasteiger partial charge in [-0.15, -0.1) is 0 Å². The summed E-state index contributed by atoms with van der Waals surface area (Å²) < 4.78 is 4.83. The van der Waals surface area contributed by atoms with Gasteiger partial charge in [-0.05, 0) is 6.08 Å². The third-order valence-electron chi connectivity index (χ3n) is 2.12. The van der Waals surface area contributed by atoms with Gasteiger partial charge in [0.2, 0.25) is 0 Å². The van der Waals surface area contributed by atoms with Gasteiger partial charge >= 0.3 is 11.9 Å². The topological polar surface area (TPSA) is 83.8 Å². The van der Waals surface area contributed by atoms with E-state index in [0.717, 1.165) is 0 Å². The van der Waals surface area contributed by atoms with Crippen molar-refractivity contribution in [2.45, 2.75) is 12.0 Å². The molecular formula is C9H10O5. The predicted molar refractivity (Wildman–Crippen MR) is 46.9 cm³/mol. The van der Waals surface area contributed by atoms with Crippen molar-refractivity contribution in [3.63, 3.8) is 0 Å². The molecular weight excluding hydrogens is 188 g/mol. The smallest absolute Gasteiger partial charge is 0.340 e. The van der Waals surface area contributed by atoms with Crippen LogP contribution in [0.5, 0.6) is 0 Å². The summed E-state index contributed by atoms with van der Waals surface area (Å²) in [5, 5.41) is 17.6. The summed E-state index contributed by atoms with van der Waals surface area (Å²) in [7, 11) is 1.24. The molecule has 0 radical (unpaired) electrons. The molecule has 1 atom stereocenters. The minimum Gasteiger partial charge on any atom is -0.479 e. The number of aliphatic carboxylic acids is 2. The Morgan fingerprint density at radius 2 is 2.14 bits per heavy atom. The quantitative estimate of drug-likeness (QED) is 0.686. The zero-order chi connectivity index (χ0) is 10.8. The fourth-order valence-electron chi connectivity index (χ4n) is 1.24. The average Bonchev–Trinajstić information content (AvgIpc) is 2.17. The Morgan fingerprint density at radius 3 is 2.57 bits per heavy atom. The summed E-state index contributed by atoms with van der Waals surface area (Å²) >= 11 is 0. The van der Waals surface area contributed by atoms with Crippen LogP contribution in [-0.4, -0.2) is 34.9 Å². The zero-order valence-electron chi connectivity index (χ0n) is 7.56. The van der Waals surface area contributed by atoms with Gasteiger partial charge in [0.05, 0.1) is 0 Å². The first-order valence-corrected chi connectivity index (χ1v) is 3.92. The van der Waals surface area contributed by atoms with Crippen LogP contribution in [0.2, 0.25) is 0 Å². The third-order valence-corrected chi connectivity index (χ3v) is 2.12. The van der Waals surface area contributed by atoms with E-state index in [1.165, 1.54) is 25.3 Å². The number of hydrogen-bond donors (Lipinski definition) is 2. The van der Waals surface area contributed by atoms with Gasteiger partial charge in [0.25, 0.3) is 0 Å².